The van der Waals surface area contributed by atoms with Crippen molar-refractivity contribution in [1.82, 2.24) is 0 Å². The van der Waals surface area contributed by atoms with Gasteiger partial charge in [0.25, 0.3) is 5.69 Å². The largest absolute Gasteiger partial charge is 0.454 e. The van der Waals surface area contributed by atoms with E-state index < -0.39 is 10.9 Å². The number of nitrogens with one attached hydrogen (secondary N) is 1. The Morgan fingerprint density at radius 1 is 1.03 bits per heavy atom. The van der Waals surface area contributed by atoms with Gasteiger partial charge in [0.2, 0.25) is 0 Å². The fraction of sp³-hybridized carbons (Fsp3) is 0.185. The van der Waals surface area contributed by atoms with Crippen molar-refractivity contribution in [1.29, 1.82) is 0 Å². The molecule has 3 atom stereocenters. The molecular formula is C27H21BrN2O5. The molecule has 3 aromatic rings. The number of hydrogen-bond acceptors (Lipinski definition) is 6. The van der Waals surface area contributed by atoms with Crippen LogP contribution in [0, 0.1) is 16.0 Å². The number of non-ortho nitro benzene ring substituents is 1. The second-order valence-corrected chi connectivity index (χ2v) is 9.55. The van der Waals surface area contributed by atoms with E-state index in [1.807, 2.05) is 12.1 Å². The Bertz CT molecular complexity index is 1330. The number of ether oxygens (including phenoxy) is 1. The number of hydrogen-bond donors (Lipinski definition) is 1. The molecule has 0 saturated heterocycles. The van der Waals surface area contributed by atoms with Crippen LogP contribution in [0.4, 0.5) is 11.4 Å². The zero-order chi connectivity index (χ0) is 24.5. The average molecular weight is 533 g/mol. The Hall–Kier alpha value is -3.78. The number of nitro groups is 1. The van der Waals surface area contributed by atoms with E-state index in [0.717, 1.165) is 27.7 Å². The van der Waals surface area contributed by atoms with Gasteiger partial charge >= 0.3 is 5.97 Å². The third kappa shape index (κ3) is 4.61. The second kappa shape index (κ2) is 9.46. The van der Waals surface area contributed by atoms with Crippen molar-refractivity contribution in [2.45, 2.75) is 18.4 Å². The first kappa shape index (κ1) is 23.0. The summed E-state index contributed by atoms with van der Waals surface area (Å²) in [5.74, 6) is -0.498. The van der Waals surface area contributed by atoms with Gasteiger partial charge in [0.1, 0.15) is 0 Å². The number of carbonyl (C=O) groups is 2. The maximum atomic E-state index is 12.7. The first-order valence-electron chi connectivity index (χ1n) is 11.2. The lowest BCUT2D eigenvalue weighted by Gasteiger charge is -2.37. The number of benzene rings is 3. The molecule has 1 aliphatic carbocycles. The number of carbonyl (C=O) groups excluding carboxylic acids is 2. The van der Waals surface area contributed by atoms with E-state index in [9.17, 15) is 19.7 Å². The SMILES string of the molecule is O=C(COC(=O)c1ccc2c(c1)[C@H]1C=CC[C@@H]1[C@@H](c1ccc([N+](=O)[O-])cc1)N2)c1ccc(Br)cc1. The molecule has 5 rings (SSSR count). The molecule has 2 aliphatic rings. The maximum Gasteiger partial charge on any atom is 0.338 e. The highest BCUT2D eigenvalue weighted by molar-refractivity contribution is 9.10. The predicted octanol–water partition coefficient (Wildman–Crippen LogP) is 6.22. The van der Waals surface area contributed by atoms with Gasteiger partial charge in [-0.25, -0.2) is 4.79 Å². The molecular weight excluding hydrogens is 512 g/mol. The monoisotopic (exact) mass is 532 g/mol. The fourth-order valence-electron chi connectivity index (χ4n) is 4.79. The number of fused-ring (bicyclic) bond motifs is 3. The molecule has 7 nitrogen and oxygen atoms in total. The summed E-state index contributed by atoms with van der Waals surface area (Å²) in [4.78, 5) is 35.7. The molecule has 0 unspecified atom stereocenters. The van der Waals surface area contributed by atoms with Gasteiger partial charge in [-0.3, -0.25) is 14.9 Å². The van der Waals surface area contributed by atoms with Crippen molar-refractivity contribution in [3.05, 3.63) is 116 Å². The maximum absolute atomic E-state index is 12.7. The summed E-state index contributed by atoms with van der Waals surface area (Å²) in [6, 6.07) is 18.9. The second-order valence-electron chi connectivity index (χ2n) is 8.63. The number of allylic oxidation sites excluding steroid dienone is 2. The number of anilines is 1. The van der Waals surface area contributed by atoms with Crippen molar-refractivity contribution >= 4 is 39.1 Å². The van der Waals surface area contributed by atoms with E-state index in [4.69, 9.17) is 4.74 Å². The van der Waals surface area contributed by atoms with Gasteiger partial charge in [0, 0.05) is 33.8 Å². The molecule has 0 amide bonds. The van der Waals surface area contributed by atoms with E-state index in [1.54, 1.807) is 42.5 Å². The minimum Gasteiger partial charge on any atom is -0.454 e. The number of nitro benzene ring substituents is 1. The summed E-state index contributed by atoms with van der Waals surface area (Å²) in [5.41, 5.74) is 3.82. The number of ketones is 1. The van der Waals surface area contributed by atoms with Crippen LogP contribution in [0.15, 0.2) is 83.4 Å². The number of esters is 1. The quantitative estimate of drug-likeness (QED) is 0.133. The highest BCUT2D eigenvalue weighted by Gasteiger charge is 2.38. The summed E-state index contributed by atoms with van der Waals surface area (Å²) >= 11 is 3.33. The van der Waals surface area contributed by atoms with Crippen molar-refractivity contribution < 1.29 is 19.2 Å². The Morgan fingerprint density at radius 2 is 1.74 bits per heavy atom. The highest BCUT2D eigenvalue weighted by Crippen LogP contribution is 2.50. The zero-order valence-corrected chi connectivity index (χ0v) is 20.1. The summed E-state index contributed by atoms with van der Waals surface area (Å²) in [6.45, 7) is -0.329. The summed E-state index contributed by atoms with van der Waals surface area (Å²) in [7, 11) is 0. The van der Waals surface area contributed by atoms with Gasteiger partial charge in [0.15, 0.2) is 12.4 Å². The molecule has 0 bridgehead atoms. The van der Waals surface area contributed by atoms with E-state index in [2.05, 4.69) is 33.4 Å². The number of nitrogens with zero attached hydrogens (tertiary/aromatic N) is 1. The van der Waals surface area contributed by atoms with Crippen LogP contribution in [0.2, 0.25) is 0 Å². The Labute approximate surface area is 210 Å². The minimum absolute atomic E-state index is 0.00960. The van der Waals surface area contributed by atoms with Crippen molar-refractivity contribution in [3.63, 3.8) is 0 Å². The van der Waals surface area contributed by atoms with E-state index in [0.29, 0.717) is 11.1 Å². The van der Waals surface area contributed by atoms with Crippen molar-refractivity contribution in [3.8, 4) is 0 Å². The summed E-state index contributed by atoms with van der Waals surface area (Å²) < 4.78 is 6.17. The van der Waals surface area contributed by atoms with Crippen LogP contribution in [0.1, 0.15) is 50.2 Å². The molecule has 0 radical (unpaired) electrons. The zero-order valence-electron chi connectivity index (χ0n) is 18.5. The molecule has 176 valence electrons. The van der Waals surface area contributed by atoms with Gasteiger partial charge in [-0.2, -0.15) is 0 Å². The third-order valence-corrected chi connectivity index (χ3v) is 7.09. The number of Topliss-reactive ketones (excluding diaryl/α,β-unsaturated/α-hetero) is 1. The van der Waals surface area contributed by atoms with Gasteiger partial charge in [-0.1, -0.05) is 52.3 Å². The van der Waals surface area contributed by atoms with Gasteiger partial charge in [-0.15, -0.1) is 0 Å². The van der Waals surface area contributed by atoms with Crippen LogP contribution >= 0.6 is 15.9 Å². The molecule has 3 aromatic carbocycles. The van der Waals surface area contributed by atoms with Crippen LogP contribution < -0.4 is 5.32 Å². The van der Waals surface area contributed by atoms with Crippen LogP contribution in [-0.4, -0.2) is 23.3 Å². The molecule has 0 fully saturated rings. The topological polar surface area (TPSA) is 98.5 Å². The first-order valence-corrected chi connectivity index (χ1v) is 12.0. The Morgan fingerprint density at radius 3 is 2.46 bits per heavy atom. The van der Waals surface area contributed by atoms with Crippen molar-refractivity contribution in [2.75, 3.05) is 11.9 Å². The Balaban J connectivity index is 1.33. The lowest BCUT2D eigenvalue weighted by molar-refractivity contribution is -0.384. The number of rotatable bonds is 6. The first-order chi connectivity index (χ1) is 16.9. The van der Waals surface area contributed by atoms with Crippen LogP contribution in [0.5, 0.6) is 0 Å². The normalized spacial score (nSPS) is 19.9. The van der Waals surface area contributed by atoms with Crippen LogP contribution in [-0.2, 0) is 4.74 Å². The third-order valence-electron chi connectivity index (χ3n) is 6.56. The van der Waals surface area contributed by atoms with Crippen molar-refractivity contribution in [2.24, 2.45) is 5.92 Å². The van der Waals surface area contributed by atoms with E-state index in [-0.39, 0.29) is 36.0 Å². The minimum atomic E-state index is -0.547. The Kier molecular flexibility index (Phi) is 6.21. The molecule has 0 spiro atoms. The van der Waals surface area contributed by atoms with Gasteiger partial charge in [-0.05, 0) is 53.8 Å². The van der Waals surface area contributed by atoms with Gasteiger partial charge in [0.05, 0.1) is 16.5 Å². The van der Waals surface area contributed by atoms with E-state index in [1.165, 1.54) is 12.1 Å². The van der Waals surface area contributed by atoms with Crippen LogP contribution in [0.25, 0.3) is 0 Å². The molecule has 0 saturated carbocycles. The molecule has 1 heterocycles. The van der Waals surface area contributed by atoms with E-state index >= 15 is 0 Å². The van der Waals surface area contributed by atoms with Crippen LogP contribution in [0.3, 0.4) is 0 Å². The molecule has 1 aliphatic heterocycles. The summed E-state index contributed by atoms with van der Waals surface area (Å²) in [5, 5.41) is 14.6. The molecule has 35 heavy (non-hydrogen) atoms. The predicted molar refractivity (Wildman–Crippen MR) is 135 cm³/mol. The lowest BCUT2D eigenvalue weighted by Crippen LogP contribution is -2.29. The van der Waals surface area contributed by atoms with Gasteiger partial charge < -0.3 is 10.1 Å². The summed E-state index contributed by atoms with van der Waals surface area (Å²) in [6.07, 6.45) is 5.14. The smallest absolute Gasteiger partial charge is 0.338 e. The lowest BCUT2D eigenvalue weighted by atomic mass is 9.76. The highest BCUT2D eigenvalue weighted by atomic mass is 79.9. The number of halogens is 1. The fourth-order valence-corrected chi connectivity index (χ4v) is 5.05. The molecule has 1 N–H and O–H groups in total. The average Bonchev–Trinajstić information content (AvgIpc) is 3.37. The molecule has 8 heteroatoms. The standard InChI is InChI=1S/C27H21BrN2O5/c28-19-9-4-16(5-10-19)25(31)15-35-27(32)18-8-13-24-23(14-18)21-2-1-3-22(21)26(29-24)17-6-11-20(12-7-17)30(33)34/h1-2,4-14,21-22,26,29H,3,15H2/t21-,22-,26+/m0/s1. The molecule has 0 aromatic heterocycles.